The number of carbonyl (C=O) groups excluding carboxylic acids is 1. The standard InChI is InChI=1S/C20H13F5N4O/c21-14-5-13-16(6-15(14)22)26-7-17(13)28-19(30)18-9-29(10-27-18)8-11-1-3-12(4-2-11)20(23,24)25/h1-7,9-10,26H,8H2,(H,28,30). The van der Waals surface area contributed by atoms with Crippen LogP contribution in [0.2, 0.25) is 0 Å². The fourth-order valence-electron chi connectivity index (χ4n) is 2.98. The van der Waals surface area contributed by atoms with Gasteiger partial charge in [-0.1, -0.05) is 12.1 Å². The first-order chi connectivity index (χ1) is 14.2. The zero-order chi connectivity index (χ0) is 21.5. The molecule has 0 saturated carbocycles. The SMILES string of the molecule is O=C(Nc1c[nH]c2cc(F)c(F)cc12)c1cn(Cc2ccc(C(F)(F)F)cc2)cn1. The molecule has 5 nitrogen and oxygen atoms in total. The normalized spacial score (nSPS) is 11.8. The second-order valence-electron chi connectivity index (χ2n) is 6.59. The molecule has 0 aliphatic rings. The maximum atomic E-state index is 13.5. The molecule has 4 rings (SSSR count). The van der Waals surface area contributed by atoms with E-state index in [4.69, 9.17) is 0 Å². The molecule has 154 valence electrons. The van der Waals surface area contributed by atoms with Gasteiger partial charge in [0.1, 0.15) is 5.69 Å². The van der Waals surface area contributed by atoms with Gasteiger partial charge >= 0.3 is 6.18 Å². The van der Waals surface area contributed by atoms with Crippen LogP contribution in [0.1, 0.15) is 21.6 Å². The highest BCUT2D eigenvalue weighted by atomic mass is 19.4. The van der Waals surface area contributed by atoms with E-state index in [1.807, 2.05) is 0 Å². The number of hydrogen-bond donors (Lipinski definition) is 2. The summed E-state index contributed by atoms with van der Waals surface area (Å²) >= 11 is 0. The fraction of sp³-hybridized carbons (Fsp3) is 0.100. The van der Waals surface area contributed by atoms with E-state index in [0.29, 0.717) is 16.5 Å². The second-order valence-corrected chi connectivity index (χ2v) is 6.59. The Morgan fingerprint density at radius 2 is 1.80 bits per heavy atom. The molecule has 2 N–H and O–H groups in total. The number of amides is 1. The quantitative estimate of drug-likeness (QED) is 0.459. The zero-order valence-electron chi connectivity index (χ0n) is 15.1. The van der Waals surface area contributed by atoms with Crippen molar-refractivity contribution in [1.29, 1.82) is 0 Å². The third-order valence-corrected chi connectivity index (χ3v) is 4.48. The number of imidazole rings is 1. The number of H-pyrrole nitrogens is 1. The summed E-state index contributed by atoms with van der Waals surface area (Å²) in [5.74, 6) is -2.63. The Bertz CT molecular complexity index is 1220. The summed E-state index contributed by atoms with van der Waals surface area (Å²) in [7, 11) is 0. The molecule has 0 aliphatic heterocycles. The van der Waals surface area contributed by atoms with E-state index in [1.165, 1.54) is 30.9 Å². The Morgan fingerprint density at radius 3 is 2.50 bits per heavy atom. The van der Waals surface area contributed by atoms with E-state index >= 15 is 0 Å². The van der Waals surface area contributed by atoms with Crippen molar-refractivity contribution in [3.05, 3.63) is 83.6 Å². The second kappa shape index (κ2) is 7.29. The van der Waals surface area contributed by atoms with Crippen molar-refractivity contribution in [2.24, 2.45) is 0 Å². The van der Waals surface area contributed by atoms with Crippen LogP contribution in [0.5, 0.6) is 0 Å². The number of rotatable bonds is 4. The number of hydrogen-bond acceptors (Lipinski definition) is 2. The van der Waals surface area contributed by atoms with Gasteiger partial charge in [0.2, 0.25) is 0 Å². The summed E-state index contributed by atoms with van der Waals surface area (Å²) < 4.78 is 66.2. The third kappa shape index (κ3) is 3.88. The summed E-state index contributed by atoms with van der Waals surface area (Å²) in [5, 5.41) is 2.87. The predicted molar refractivity (Wildman–Crippen MR) is 98.9 cm³/mol. The van der Waals surface area contributed by atoms with E-state index in [1.54, 1.807) is 4.57 Å². The van der Waals surface area contributed by atoms with Gasteiger partial charge in [0.25, 0.3) is 5.91 Å². The highest BCUT2D eigenvalue weighted by Crippen LogP contribution is 2.29. The first-order valence-electron chi connectivity index (χ1n) is 8.66. The highest BCUT2D eigenvalue weighted by molar-refractivity contribution is 6.08. The Kier molecular flexibility index (Phi) is 4.76. The van der Waals surface area contributed by atoms with Gasteiger partial charge in [0.15, 0.2) is 11.6 Å². The number of aromatic nitrogens is 3. The van der Waals surface area contributed by atoms with E-state index in [-0.39, 0.29) is 17.9 Å². The van der Waals surface area contributed by atoms with Gasteiger partial charge in [-0.3, -0.25) is 4.79 Å². The van der Waals surface area contributed by atoms with Crippen molar-refractivity contribution in [1.82, 2.24) is 14.5 Å². The van der Waals surface area contributed by atoms with Gasteiger partial charge < -0.3 is 14.9 Å². The van der Waals surface area contributed by atoms with Crippen LogP contribution in [0, 0.1) is 11.6 Å². The zero-order valence-corrected chi connectivity index (χ0v) is 15.1. The molecule has 0 radical (unpaired) electrons. The minimum Gasteiger partial charge on any atom is -0.359 e. The van der Waals surface area contributed by atoms with Crippen molar-refractivity contribution in [3.63, 3.8) is 0 Å². The van der Waals surface area contributed by atoms with Gasteiger partial charge in [-0.2, -0.15) is 13.2 Å². The molecule has 0 aliphatic carbocycles. The number of alkyl halides is 3. The monoisotopic (exact) mass is 420 g/mol. The molecule has 0 unspecified atom stereocenters. The van der Waals surface area contributed by atoms with Crippen LogP contribution in [0.3, 0.4) is 0 Å². The number of nitrogens with zero attached hydrogens (tertiary/aromatic N) is 2. The van der Waals surface area contributed by atoms with E-state index < -0.39 is 29.3 Å². The van der Waals surface area contributed by atoms with Crippen molar-refractivity contribution in [3.8, 4) is 0 Å². The van der Waals surface area contributed by atoms with E-state index in [9.17, 15) is 26.7 Å². The van der Waals surface area contributed by atoms with Gasteiger partial charge in [-0.25, -0.2) is 13.8 Å². The fourth-order valence-corrected chi connectivity index (χ4v) is 2.98. The first kappa shape index (κ1) is 19.6. The lowest BCUT2D eigenvalue weighted by molar-refractivity contribution is -0.137. The van der Waals surface area contributed by atoms with Crippen molar-refractivity contribution < 1.29 is 26.7 Å². The van der Waals surface area contributed by atoms with Gasteiger partial charge in [0.05, 0.1) is 23.1 Å². The lowest BCUT2D eigenvalue weighted by Crippen LogP contribution is -2.12. The van der Waals surface area contributed by atoms with Crippen LogP contribution in [0.25, 0.3) is 10.9 Å². The number of nitrogens with one attached hydrogen (secondary N) is 2. The Hall–Kier alpha value is -3.69. The van der Waals surface area contributed by atoms with Crippen LogP contribution in [-0.2, 0) is 12.7 Å². The van der Waals surface area contributed by atoms with Crippen LogP contribution < -0.4 is 5.32 Å². The highest BCUT2D eigenvalue weighted by Gasteiger charge is 2.29. The summed E-state index contributed by atoms with van der Waals surface area (Å²) in [5.41, 5.74) is 0.482. The maximum absolute atomic E-state index is 13.5. The average Bonchev–Trinajstić information content (AvgIpc) is 3.30. The molecule has 0 saturated heterocycles. The van der Waals surface area contributed by atoms with Crippen molar-refractivity contribution >= 4 is 22.5 Å². The van der Waals surface area contributed by atoms with E-state index in [2.05, 4.69) is 15.3 Å². The molecule has 2 heterocycles. The minimum absolute atomic E-state index is 0.0545. The Balaban J connectivity index is 1.47. The number of benzene rings is 2. The Labute approximate surface area is 166 Å². The molecular weight excluding hydrogens is 407 g/mol. The predicted octanol–water partition coefficient (Wildman–Crippen LogP) is 4.96. The smallest absolute Gasteiger partial charge is 0.359 e. The Morgan fingerprint density at radius 1 is 1.10 bits per heavy atom. The third-order valence-electron chi connectivity index (χ3n) is 4.48. The van der Waals surface area contributed by atoms with Crippen LogP contribution in [-0.4, -0.2) is 20.4 Å². The lowest BCUT2D eigenvalue weighted by Gasteiger charge is -2.08. The first-order valence-corrected chi connectivity index (χ1v) is 8.66. The van der Waals surface area contributed by atoms with Crippen LogP contribution in [0.4, 0.5) is 27.6 Å². The van der Waals surface area contributed by atoms with Gasteiger partial charge in [-0.05, 0) is 23.8 Å². The van der Waals surface area contributed by atoms with E-state index in [0.717, 1.165) is 24.3 Å². The number of fused-ring (bicyclic) bond motifs is 1. The van der Waals surface area contributed by atoms with Crippen LogP contribution in [0.15, 0.2) is 55.1 Å². The summed E-state index contributed by atoms with van der Waals surface area (Å²) in [6, 6.07) is 6.63. The molecule has 2 aromatic heterocycles. The molecule has 0 fully saturated rings. The van der Waals surface area contributed by atoms with Crippen molar-refractivity contribution in [2.45, 2.75) is 12.7 Å². The molecule has 1 amide bonds. The number of aromatic amines is 1. The van der Waals surface area contributed by atoms with Crippen LogP contribution >= 0.6 is 0 Å². The molecule has 30 heavy (non-hydrogen) atoms. The number of carbonyl (C=O) groups is 1. The maximum Gasteiger partial charge on any atom is 0.416 e. The molecule has 0 bridgehead atoms. The lowest BCUT2D eigenvalue weighted by atomic mass is 10.1. The molecule has 10 heteroatoms. The molecule has 2 aromatic carbocycles. The number of halogens is 5. The summed E-state index contributed by atoms with van der Waals surface area (Å²) in [4.78, 5) is 19.2. The molecule has 0 atom stereocenters. The topological polar surface area (TPSA) is 62.7 Å². The minimum atomic E-state index is -4.41. The molecular formula is C20H13F5N4O. The number of anilines is 1. The summed E-state index contributed by atoms with van der Waals surface area (Å²) in [6.07, 6.45) is -0.199. The average molecular weight is 420 g/mol. The molecule has 4 aromatic rings. The summed E-state index contributed by atoms with van der Waals surface area (Å²) in [6.45, 7) is 0.218. The largest absolute Gasteiger partial charge is 0.416 e. The molecule has 0 spiro atoms. The van der Waals surface area contributed by atoms with Gasteiger partial charge in [-0.15, -0.1) is 0 Å². The van der Waals surface area contributed by atoms with Gasteiger partial charge in [0, 0.05) is 30.4 Å². The van der Waals surface area contributed by atoms with Crippen molar-refractivity contribution in [2.75, 3.05) is 5.32 Å².